The lowest BCUT2D eigenvalue weighted by molar-refractivity contribution is 0.0478. The maximum Gasteiger partial charge on any atom is 0.127 e. The Morgan fingerprint density at radius 1 is 1.39 bits per heavy atom. The Kier molecular flexibility index (Phi) is 6.61. The molecule has 1 N–H and O–H groups in total. The molecule has 1 aromatic rings. The summed E-state index contributed by atoms with van der Waals surface area (Å²) < 4.78 is 19.3. The molecule has 18 heavy (non-hydrogen) atoms. The molecule has 0 aliphatic rings. The number of likely N-dealkylation sites (N-methyl/N-ethyl adjacent to an activating group) is 1. The highest BCUT2D eigenvalue weighted by Crippen LogP contribution is 2.17. The van der Waals surface area contributed by atoms with E-state index in [9.17, 15) is 4.39 Å². The third-order valence-corrected chi connectivity index (χ3v) is 3.15. The minimum absolute atomic E-state index is 0.0463. The van der Waals surface area contributed by atoms with E-state index in [2.05, 4.69) is 5.32 Å². The SMILES string of the molecule is CCNC(Cc1ccc(Cl)cc1F)C(C)OCC. The molecule has 0 radical (unpaired) electrons. The van der Waals surface area contributed by atoms with E-state index < -0.39 is 0 Å². The van der Waals surface area contributed by atoms with E-state index in [0.717, 1.165) is 6.54 Å². The van der Waals surface area contributed by atoms with Crippen LogP contribution in [0.3, 0.4) is 0 Å². The molecule has 2 unspecified atom stereocenters. The Balaban J connectivity index is 2.75. The molecule has 2 nitrogen and oxygen atoms in total. The number of hydrogen-bond donors (Lipinski definition) is 1. The van der Waals surface area contributed by atoms with Gasteiger partial charge in [-0.1, -0.05) is 24.6 Å². The van der Waals surface area contributed by atoms with Gasteiger partial charge in [-0.15, -0.1) is 0 Å². The molecule has 0 spiro atoms. The van der Waals surface area contributed by atoms with Gasteiger partial charge < -0.3 is 10.1 Å². The van der Waals surface area contributed by atoms with Crippen molar-refractivity contribution in [3.05, 3.63) is 34.6 Å². The molecule has 0 aromatic heterocycles. The maximum atomic E-state index is 13.7. The quantitative estimate of drug-likeness (QED) is 0.822. The zero-order chi connectivity index (χ0) is 13.5. The van der Waals surface area contributed by atoms with Crippen LogP contribution in [-0.4, -0.2) is 25.3 Å². The number of ether oxygens (including phenoxy) is 1. The summed E-state index contributed by atoms with van der Waals surface area (Å²) in [6.07, 6.45) is 0.642. The van der Waals surface area contributed by atoms with Crippen LogP contribution < -0.4 is 5.32 Å². The minimum Gasteiger partial charge on any atom is -0.377 e. The lowest BCUT2D eigenvalue weighted by atomic mass is 10.0. The molecule has 0 aliphatic carbocycles. The van der Waals surface area contributed by atoms with Gasteiger partial charge in [-0.05, 0) is 44.5 Å². The van der Waals surface area contributed by atoms with Crippen LogP contribution >= 0.6 is 11.6 Å². The summed E-state index contributed by atoms with van der Waals surface area (Å²) >= 11 is 5.75. The zero-order valence-electron chi connectivity index (χ0n) is 11.2. The zero-order valence-corrected chi connectivity index (χ0v) is 11.9. The maximum absolute atomic E-state index is 13.7. The molecule has 1 aromatic carbocycles. The van der Waals surface area contributed by atoms with Gasteiger partial charge in [0.2, 0.25) is 0 Å². The smallest absolute Gasteiger partial charge is 0.127 e. The summed E-state index contributed by atoms with van der Waals surface area (Å²) in [4.78, 5) is 0. The third-order valence-electron chi connectivity index (χ3n) is 2.92. The Morgan fingerprint density at radius 2 is 2.11 bits per heavy atom. The van der Waals surface area contributed by atoms with E-state index in [4.69, 9.17) is 16.3 Å². The number of benzene rings is 1. The van der Waals surface area contributed by atoms with Crippen LogP contribution in [0.2, 0.25) is 5.02 Å². The highest BCUT2D eigenvalue weighted by atomic mass is 35.5. The normalized spacial score (nSPS) is 14.5. The van der Waals surface area contributed by atoms with Crippen LogP contribution in [0.1, 0.15) is 26.3 Å². The van der Waals surface area contributed by atoms with Gasteiger partial charge in [0.05, 0.1) is 6.10 Å². The van der Waals surface area contributed by atoms with Crippen molar-refractivity contribution in [2.45, 2.75) is 39.3 Å². The van der Waals surface area contributed by atoms with Crippen molar-refractivity contribution in [3.8, 4) is 0 Å². The van der Waals surface area contributed by atoms with E-state index in [-0.39, 0.29) is 18.0 Å². The number of nitrogens with one attached hydrogen (secondary N) is 1. The molecule has 0 aliphatic heterocycles. The van der Waals surface area contributed by atoms with Gasteiger partial charge in [0, 0.05) is 17.7 Å². The van der Waals surface area contributed by atoms with Crippen molar-refractivity contribution in [2.75, 3.05) is 13.2 Å². The first-order chi connectivity index (χ1) is 8.58. The standard InChI is InChI=1S/C14H21ClFNO/c1-4-17-14(10(3)18-5-2)8-11-6-7-12(15)9-13(11)16/h6-7,9-10,14,17H,4-5,8H2,1-3H3. The number of hydrogen-bond acceptors (Lipinski definition) is 2. The highest BCUT2D eigenvalue weighted by Gasteiger charge is 2.18. The van der Waals surface area contributed by atoms with E-state index >= 15 is 0 Å². The molecular weight excluding hydrogens is 253 g/mol. The fourth-order valence-electron chi connectivity index (χ4n) is 1.97. The number of halogens is 2. The average molecular weight is 274 g/mol. The Morgan fingerprint density at radius 3 is 2.67 bits per heavy atom. The van der Waals surface area contributed by atoms with Crippen molar-refractivity contribution in [1.29, 1.82) is 0 Å². The summed E-state index contributed by atoms with van der Waals surface area (Å²) in [6.45, 7) is 7.49. The van der Waals surface area contributed by atoms with Crippen LogP contribution in [0.4, 0.5) is 4.39 Å². The van der Waals surface area contributed by atoms with E-state index in [1.807, 2.05) is 20.8 Å². The first kappa shape index (κ1) is 15.4. The van der Waals surface area contributed by atoms with Crippen LogP contribution in [0.25, 0.3) is 0 Å². The van der Waals surface area contributed by atoms with Crippen molar-refractivity contribution in [2.24, 2.45) is 0 Å². The molecule has 1 rings (SSSR count). The molecule has 102 valence electrons. The molecular formula is C14H21ClFNO. The van der Waals surface area contributed by atoms with Crippen LogP contribution in [0.5, 0.6) is 0 Å². The monoisotopic (exact) mass is 273 g/mol. The van der Waals surface area contributed by atoms with Crippen LogP contribution in [-0.2, 0) is 11.2 Å². The fraction of sp³-hybridized carbons (Fsp3) is 0.571. The molecule has 0 saturated heterocycles. The molecule has 0 amide bonds. The third kappa shape index (κ3) is 4.56. The van der Waals surface area contributed by atoms with Crippen LogP contribution in [0, 0.1) is 5.82 Å². The van der Waals surface area contributed by atoms with E-state index in [1.54, 1.807) is 12.1 Å². The predicted molar refractivity (Wildman–Crippen MR) is 73.7 cm³/mol. The second kappa shape index (κ2) is 7.72. The lowest BCUT2D eigenvalue weighted by Crippen LogP contribution is -2.41. The summed E-state index contributed by atoms with van der Waals surface area (Å²) in [5.41, 5.74) is 0.664. The summed E-state index contributed by atoms with van der Waals surface area (Å²) in [5, 5.41) is 3.76. The van der Waals surface area contributed by atoms with Gasteiger partial charge in [-0.25, -0.2) is 4.39 Å². The summed E-state index contributed by atoms with van der Waals surface area (Å²) in [6, 6.07) is 4.91. The summed E-state index contributed by atoms with van der Waals surface area (Å²) in [5.74, 6) is -0.255. The van der Waals surface area contributed by atoms with Crippen LogP contribution in [0.15, 0.2) is 18.2 Å². The second-order valence-corrected chi connectivity index (χ2v) is 4.70. The minimum atomic E-state index is -0.255. The molecule has 4 heteroatoms. The largest absolute Gasteiger partial charge is 0.377 e. The van der Waals surface area contributed by atoms with E-state index in [0.29, 0.717) is 23.6 Å². The Bertz CT molecular complexity index is 373. The lowest BCUT2D eigenvalue weighted by Gasteiger charge is -2.25. The van der Waals surface area contributed by atoms with Gasteiger partial charge in [-0.3, -0.25) is 0 Å². The van der Waals surface area contributed by atoms with Crippen molar-refractivity contribution < 1.29 is 9.13 Å². The molecule has 2 atom stereocenters. The topological polar surface area (TPSA) is 21.3 Å². The molecule has 0 heterocycles. The van der Waals surface area contributed by atoms with Gasteiger partial charge in [0.25, 0.3) is 0 Å². The van der Waals surface area contributed by atoms with Crippen molar-refractivity contribution >= 4 is 11.6 Å². The molecule has 0 saturated carbocycles. The van der Waals surface area contributed by atoms with Gasteiger partial charge >= 0.3 is 0 Å². The Labute approximate surface area is 113 Å². The van der Waals surface area contributed by atoms with Crippen molar-refractivity contribution in [3.63, 3.8) is 0 Å². The van der Waals surface area contributed by atoms with Crippen molar-refractivity contribution in [1.82, 2.24) is 5.32 Å². The molecule has 0 bridgehead atoms. The first-order valence-electron chi connectivity index (χ1n) is 6.37. The average Bonchev–Trinajstić information content (AvgIpc) is 2.32. The van der Waals surface area contributed by atoms with Gasteiger partial charge in [0.1, 0.15) is 5.82 Å². The fourth-order valence-corrected chi connectivity index (χ4v) is 2.13. The Hall–Kier alpha value is -0.640. The van der Waals surface area contributed by atoms with E-state index in [1.165, 1.54) is 6.07 Å². The van der Waals surface area contributed by atoms with Gasteiger partial charge in [0.15, 0.2) is 0 Å². The predicted octanol–water partition coefficient (Wildman–Crippen LogP) is 3.42. The molecule has 0 fully saturated rings. The summed E-state index contributed by atoms with van der Waals surface area (Å²) in [7, 11) is 0. The van der Waals surface area contributed by atoms with Gasteiger partial charge in [-0.2, -0.15) is 0 Å². The highest BCUT2D eigenvalue weighted by molar-refractivity contribution is 6.30. The number of rotatable bonds is 7. The second-order valence-electron chi connectivity index (χ2n) is 4.26. The first-order valence-corrected chi connectivity index (χ1v) is 6.75.